The molecule has 10 unspecified atom stereocenters. The van der Waals surface area contributed by atoms with Crippen LogP contribution in [0.4, 0.5) is 0 Å². The third-order valence-corrected chi connectivity index (χ3v) is 13.0. The molecule has 0 saturated carbocycles. The number of carbonyl (C=O) groups excluding carboxylic acids is 6. The second-order valence-electron chi connectivity index (χ2n) is 21.6. The molecule has 0 aromatic carbocycles. The van der Waals surface area contributed by atoms with Crippen LogP contribution in [0.15, 0.2) is 130 Å². The Bertz CT molecular complexity index is 2460. The van der Waals surface area contributed by atoms with Gasteiger partial charge in [-0.3, -0.25) is 28.8 Å². The number of hydrogen-bond donors (Lipinski definition) is 9. The lowest BCUT2D eigenvalue weighted by molar-refractivity contribution is -0.161. The number of ether oxygens (including phenoxy) is 4. The second-order valence-corrected chi connectivity index (χ2v) is 21.6. The van der Waals surface area contributed by atoms with Crippen LogP contribution < -0.4 is 0 Å². The molecule has 0 heterocycles. The van der Waals surface area contributed by atoms with Crippen molar-refractivity contribution in [3.05, 3.63) is 130 Å². The van der Waals surface area contributed by atoms with Crippen molar-refractivity contribution in [1.82, 2.24) is 0 Å². The molecule has 0 aromatic rings. The molecule has 0 aliphatic heterocycles. The van der Waals surface area contributed by atoms with Gasteiger partial charge in [-0.25, -0.2) is 0 Å². The van der Waals surface area contributed by atoms with Gasteiger partial charge >= 0.3 is 23.9 Å². The minimum Gasteiger partial charge on any atom is -0.463 e. The Kier molecular flexibility index (Phi) is 32.9. The van der Waals surface area contributed by atoms with Crippen LogP contribution in [-0.2, 0) is 47.7 Å². The molecule has 2 aliphatic rings. The Labute approximate surface area is 477 Å². The summed E-state index contributed by atoms with van der Waals surface area (Å²) in [7, 11) is 0. The van der Waals surface area contributed by atoms with Gasteiger partial charge in [0.05, 0.1) is 38.4 Å². The maximum Gasteiger partial charge on any atom is 0.307 e. The highest BCUT2D eigenvalue weighted by Gasteiger charge is 2.40. The monoisotopic (exact) mass is 1140 g/mol. The average Bonchev–Trinajstić information content (AvgIpc) is 3.40. The van der Waals surface area contributed by atoms with Gasteiger partial charge in [0.15, 0.2) is 23.8 Å². The molecule has 0 saturated heterocycles. The third kappa shape index (κ3) is 27.6. The first-order valence-corrected chi connectivity index (χ1v) is 27.1. The van der Waals surface area contributed by atoms with Crippen molar-refractivity contribution < 1.29 is 93.7 Å². The van der Waals surface area contributed by atoms with E-state index in [9.17, 15) is 69.6 Å². The summed E-state index contributed by atoms with van der Waals surface area (Å²) in [5.41, 5.74) is 5.48. The highest BCUT2D eigenvalue weighted by atomic mass is 16.6. The molecule has 452 valence electrons. The molecule has 10 atom stereocenters. The van der Waals surface area contributed by atoms with E-state index in [1.54, 1.807) is 20.8 Å². The molecule has 19 nitrogen and oxygen atoms in total. The standard InChI is InChI=1S/C42H58O10.C20H32O9/c1-9-14-28(2)17-12-18-29(3)15-10-11-16-30(4)19-13-20-31(5)21-22-33-32(6)39(48)36(25-42(33,7)8)52-38(47)24-23-37(46)51-27-35(45)41(50)40(49)34(44)26-43;1-5-12(21)18(26)19(27)13(22)10-28-15(23)6-7-16(24)29-14-9-20(3,4)8-11(2)17(14)25/h9-22,34-36,40-41,43-45,49-50H,23-27H2,1-8H3;8,12-14,18-19,21-22,26-27H,5-7,9-10H2,1-4H3/b11-10+,14-9+,18-12+,19-13+,22-21+,28-17+,29-15+,30-16+,31-20+;. The summed E-state index contributed by atoms with van der Waals surface area (Å²) < 4.78 is 20.3. The number of rotatable bonds is 29. The summed E-state index contributed by atoms with van der Waals surface area (Å²) in [5, 5.41) is 86.1. The normalized spacial score (nSPS) is 21.3. The van der Waals surface area contributed by atoms with Gasteiger partial charge in [-0.2, -0.15) is 0 Å². The lowest BCUT2D eigenvalue weighted by atomic mass is 9.71. The van der Waals surface area contributed by atoms with Crippen molar-refractivity contribution in [3.8, 4) is 0 Å². The number of ketones is 2. The molecule has 0 spiro atoms. The molecule has 0 bridgehead atoms. The molecule has 19 heteroatoms. The summed E-state index contributed by atoms with van der Waals surface area (Å²) in [4.78, 5) is 73.6. The molecule has 0 aromatic heterocycles. The van der Waals surface area contributed by atoms with E-state index in [1.807, 2.05) is 121 Å². The van der Waals surface area contributed by atoms with Crippen LogP contribution in [0.5, 0.6) is 0 Å². The van der Waals surface area contributed by atoms with Crippen molar-refractivity contribution in [2.75, 3.05) is 19.8 Å². The molecule has 9 N–H and O–H groups in total. The molecule has 2 rings (SSSR count). The van der Waals surface area contributed by atoms with Gasteiger partial charge in [-0.1, -0.05) is 148 Å². The fourth-order valence-corrected chi connectivity index (χ4v) is 8.25. The van der Waals surface area contributed by atoms with Gasteiger partial charge in [0.25, 0.3) is 0 Å². The Morgan fingerprint density at radius 2 is 0.963 bits per heavy atom. The fraction of sp³-hybridized carbons (Fsp3) is 0.548. The van der Waals surface area contributed by atoms with Gasteiger partial charge in [0.1, 0.15) is 55.9 Å². The van der Waals surface area contributed by atoms with Crippen LogP contribution in [0.25, 0.3) is 0 Å². The highest BCUT2D eigenvalue weighted by molar-refractivity contribution is 6.02. The summed E-state index contributed by atoms with van der Waals surface area (Å²) >= 11 is 0. The summed E-state index contributed by atoms with van der Waals surface area (Å²) in [6.45, 7) is 20.7. The van der Waals surface area contributed by atoms with Crippen molar-refractivity contribution in [2.45, 2.75) is 189 Å². The minimum absolute atomic E-state index is 0.169. The quantitative estimate of drug-likeness (QED) is 0.0251. The van der Waals surface area contributed by atoms with Crippen molar-refractivity contribution in [2.24, 2.45) is 10.8 Å². The molecule has 0 radical (unpaired) electrons. The zero-order valence-electron chi connectivity index (χ0n) is 49.1. The predicted molar refractivity (Wildman–Crippen MR) is 305 cm³/mol. The SMILES string of the molecule is C/C=C/C(C)=C/C=C/C(C)=C/C=C/C=C(C)/C=C/C=C(C)/C=C/C1=C(C)C(=O)C(OC(=O)CCC(=O)OCC(O)C(O)C(O)C(O)CO)CC1(C)C.CCC(O)C(O)C(O)C(O)COC(=O)CCC(=O)OC1CC(C)(C)C=C(C)C1=O. The Hall–Kier alpha value is -6.00. The summed E-state index contributed by atoms with van der Waals surface area (Å²) in [6, 6.07) is 0. The Morgan fingerprint density at radius 3 is 1.41 bits per heavy atom. The number of aliphatic hydroxyl groups is 9. The van der Waals surface area contributed by atoms with Gasteiger partial charge in [0, 0.05) is 12.8 Å². The van der Waals surface area contributed by atoms with E-state index in [0.29, 0.717) is 17.6 Å². The number of carbonyl (C=O) groups is 6. The topological polar surface area (TPSA) is 321 Å². The average molecular weight is 1140 g/mol. The lowest BCUT2D eigenvalue weighted by Crippen LogP contribution is -2.47. The van der Waals surface area contributed by atoms with Crippen LogP contribution in [0.2, 0.25) is 0 Å². The largest absolute Gasteiger partial charge is 0.463 e. The van der Waals surface area contributed by atoms with E-state index in [1.165, 1.54) is 5.57 Å². The van der Waals surface area contributed by atoms with E-state index in [4.69, 9.17) is 24.1 Å². The number of aliphatic hydroxyl groups excluding tert-OH is 9. The lowest BCUT2D eigenvalue weighted by Gasteiger charge is -2.36. The zero-order chi connectivity index (χ0) is 61.8. The first kappa shape index (κ1) is 73.0. The van der Waals surface area contributed by atoms with Crippen molar-refractivity contribution in [3.63, 3.8) is 0 Å². The molecule has 81 heavy (non-hydrogen) atoms. The first-order chi connectivity index (χ1) is 37.8. The molecule has 0 amide bonds. The van der Waals surface area contributed by atoms with E-state index in [-0.39, 0.29) is 49.1 Å². The van der Waals surface area contributed by atoms with Crippen molar-refractivity contribution >= 4 is 35.4 Å². The smallest absolute Gasteiger partial charge is 0.307 e. The first-order valence-electron chi connectivity index (χ1n) is 27.1. The summed E-state index contributed by atoms with van der Waals surface area (Å²) in [6.07, 6.45) is 14.1. The second kappa shape index (κ2) is 36.5. The van der Waals surface area contributed by atoms with Crippen LogP contribution in [0, 0.1) is 10.8 Å². The van der Waals surface area contributed by atoms with E-state index >= 15 is 0 Å². The number of esters is 4. The number of Topliss-reactive ketones (excluding diaryl/α,β-unsaturated/α-hetero) is 2. The van der Waals surface area contributed by atoms with Crippen LogP contribution in [-0.4, -0.2) is 162 Å². The van der Waals surface area contributed by atoms with Crippen molar-refractivity contribution in [1.29, 1.82) is 0 Å². The molecule has 2 aliphatic carbocycles. The zero-order valence-corrected chi connectivity index (χ0v) is 49.1. The van der Waals surface area contributed by atoms with Crippen LogP contribution in [0.3, 0.4) is 0 Å². The van der Waals surface area contributed by atoms with E-state index < -0.39 is 117 Å². The van der Waals surface area contributed by atoms with E-state index in [2.05, 4.69) is 32.1 Å². The third-order valence-electron chi connectivity index (χ3n) is 13.0. The van der Waals surface area contributed by atoms with Crippen LogP contribution >= 0.6 is 0 Å². The highest BCUT2D eigenvalue weighted by Crippen LogP contribution is 2.41. The molecule has 0 fully saturated rings. The number of hydrogen-bond acceptors (Lipinski definition) is 19. The van der Waals surface area contributed by atoms with Gasteiger partial charge < -0.3 is 64.9 Å². The maximum absolute atomic E-state index is 13.2. The Balaban J connectivity index is 0.000000952. The maximum atomic E-state index is 13.2. The Morgan fingerprint density at radius 1 is 0.568 bits per heavy atom. The predicted octanol–water partition coefficient (Wildman–Crippen LogP) is 5.58. The molecular formula is C62H90O19. The minimum atomic E-state index is -1.88. The van der Waals surface area contributed by atoms with Gasteiger partial charge in [-0.15, -0.1) is 0 Å². The van der Waals surface area contributed by atoms with Gasteiger partial charge in [0.2, 0.25) is 0 Å². The molecular weight excluding hydrogens is 1050 g/mol. The number of allylic oxidation sites excluding steroid dienone is 20. The summed E-state index contributed by atoms with van der Waals surface area (Å²) in [5.74, 6) is -3.76. The van der Waals surface area contributed by atoms with E-state index in [0.717, 1.165) is 22.3 Å². The van der Waals surface area contributed by atoms with Crippen LogP contribution in [0.1, 0.15) is 128 Å². The fourth-order valence-electron chi connectivity index (χ4n) is 8.25. The van der Waals surface area contributed by atoms with Gasteiger partial charge in [-0.05, 0) is 82.4 Å².